The Bertz CT molecular complexity index is 462. The number of carbonyl (C=O) groups is 4. The topological polar surface area (TPSA) is 86.7 Å². The first-order valence-electron chi connectivity index (χ1n) is 4.39. The fraction of sp³-hybridized carbons (Fsp3) is 0.500. The number of fused-ring (bicyclic) bond motifs is 4. The van der Waals surface area contributed by atoms with Gasteiger partial charge in [0, 0.05) is 0 Å². The molecule has 0 unspecified atom stereocenters. The van der Waals surface area contributed by atoms with E-state index in [4.69, 9.17) is 0 Å². The fourth-order valence-corrected chi connectivity index (χ4v) is 9.96. The van der Waals surface area contributed by atoms with Crippen molar-refractivity contribution in [3.05, 3.63) is 0 Å². The molecule has 0 bridgehead atoms. The normalized spacial score (nSPS) is 53.6. The van der Waals surface area contributed by atoms with Gasteiger partial charge in [-0.2, -0.15) is 0 Å². The van der Waals surface area contributed by atoms with Gasteiger partial charge < -0.3 is 9.47 Å². The van der Waals surface area contributed by atoms with Crippen molar-refractivity contribution in [1.29, 1.82) is 0 Å². The number of carbonyl (C=O) groups excluding carboxylic acids is 4. The van der Waals surface area contributed by atoms with Crippen LogP contribution in [0.3, 0.4) is 0 Å². The zero-order valence-corrected chi connectivity index (χ0v) is 16.6. The molecular weight excluding hydrogens is 700 g/mol. The lowest BCUT2D eigenvalue weighted by molar-refractivity contribution is -0.157. The third kappa shape index (κ3) is 0.943. The van der Waals surface area contributed by atoms with Crippen LogP contribution in [0.4, 0.5) is 0 Å². The first-order chi connectivity index (χ1) is 8.10. The summed E-state index contributed by atoms with van der Waals surface area (Å²) in [6.07, 6.45) is 0. The predicted octanol–water partition coefficient (Wildman–Crippen LogP) is 0.862. The molecule has 0 atom stereocenters. The van der Waals surface area contributed by atoms with Gasteiger partial charge >= 0.3 is 23.9 Å². The molecule has 1 aliphatic carbocycles. The standard InChI is InChI=1S/C8I4O6/c9-5-1(13)17-2(14)6(5,10)8(12)4(16)18-3(15)7(5,8)11. The zero-order chi connectivity index (χ0) is 13.7. The van der Waals surface area contributed by atoms with Crippen molar-refractivity contribution in [2.45, 2.75) is 13.7 Å². The Balaban J connectivity index is 2.38. The molecule has 18 heavy (non-hydrogen) atoms. The minimum atomic E-state index is -1.42. The largest absolute Gasteiger partial charge is 0.391 e. The molecule has 0 aromatic heterocycles. The molecule has 3 aliphatic rings. The lowest BCUT2D eigenvalue weighted by Crippen LogP contribution is -2.88. The number of hydrogen-bond donors (Lipinski definition) is 0. The third-order valence-corrected chi connectivity index (χ3v) is 15.8. The summed E-state index contributed by atoms with van der Waals surface area (Å²) in [6.45, 7) is 0. The molecule has 0 aromatic carbocycles. The van der Waals surface area contributed by atoms with Gasteiger partial charge in [-0.1, -0.05) is 90.4 Å². The average Bonchev–Trinajstić information content (AvgIpc) is 2.57. The van der Waals surface area contributed by atoms with Crippen LogP contribution in [0.15, 0.2) is 0 Å². The average molecular weight is 700 g/mol. The number of alkyl halides is 4. The smallest absolute Gasteiger partial charge is 0.333 e. The first-order valence-corrected chi connectivity index (χ1v) is 8.70. The Kier molecular flexibility index (Phi) is 2.75. The molecule has 6 nitrogen and oxygen atoms in total. The highest BCUT2D eigenvalue weighted by atomic mass is 127. The maximum absolute atomic E-state index is 11.9. The Morgan fingerprint density at radius 3 is 0.889 bits per heavy atom. The number of hydrogen-bond acceptors (Lipinski definition) is 6. The van der Waals surface area contributed by atoms with Gasteiger partial charge in [0.15, 0.2) is 13.7 Å². The van der Waals surface area contributed by atoms with Crippen LogP contribution in [0.25, 0.3) is 0 Å². The van der Waals surface area contributed by atoms with Crippen molar-refractivity contribution in [3.8, 4) is 0 Å². The molecule has 0 aromatic rings. The maximum atomic E-state index is 11.9. The van der Waals surface area contributed by atoms with Gasteiger partial charge in [-0.3, -0.25) is 0 Å². The molecular formula is C8I4O6. The molecule has 2 aliphatic heterocycles. The zero-order valence-electron chi connectivity index (χ0n) is 7.96. The Labute approximate surface area is 154 Å². The number of ether oxygens (including phenoxy) is 2. The van der Waals surface area contributed by atoms with Crippen LogP contribution in [-0.2, 0) is 28.7 Å². The number of cyclic esters (lactones) is 4. The highest BCUT2D eigenvalue weighted by Crippen LogP contribution is 2.79. The first kappa shape index (κ1) is 14.2. The summed E-state index contributed by atoms with van der Waals surface area (Å²) < 4.78 is 3.65. The minimum Gasteiger partial charge on any atom is -0.391 e. The Hall–Kier alpha value is 1.20. The molecule has 0 amide bonds. The van der Waals surface area contributed by atoms with E-state index in [1.807, 2.05) is 0 Å². The van der Waals surface area contributed by atoms with Gasteiger partial charge in [0.2, 0.25) is 0 Å². The van der Waals surface area contributed by atoms with Crippen LogP contribution < -0.4 is 0 Å². The fourth-order valence-electron chi connectivity index (χ4n) is 2.46. The van der Waals surface area contributed by atoms with Crippen molar-refractivity contribution >= 4 is 114 Å². The van der Waals surface area contributed by atoms with Crippen LogP contribution in [0.5, 0.6) is 0 Å². The molecule has 0 radical (unpaired) electrons. The van der Waals surface area contributed by atoms with Gasteiger partial charge in [0.05, 0.1) is 0 Å². The summed E-state index contributed by atoms with van der Waals surface area (Å²) in [5.41, 5.74) is 0. The van der Waals surface area contributed by atoms with E-state index in [-0.39, 0.29) is 0 Å². The second kappa shape index (κ2) is 3.50. The molecule has 3 fully saturated rings. The lowest BCUT2D eigenvalue weighted by atomic mass is 9.58. The summed E-state index contributed by atoms with van der Waals surface area (Å²) in [6, 6.07) is 0. The van der Waals surface area contributed by atoms with Crippen molar-refractivity contribution in [3.63, 3.8) is 0 Å². The van der Waals surface area contributed by atoms with E-state index >= 15 is 0 Å². The van der Waals surface area contributed by atoms with Crippen LogP contribution >= 0.6 is 90.4 Å². The summed E-state index contributed by atoms with van der Waals surface area (Å²) >= 11 is 6.95. The molecule has 2 saturated heterocycles. The summed E-state index contributed by atoms with van der Waals surface area (Å²) in [5.74, 6) is -3.18. The van der Waals surface area contributed by atoms with E-state index in [0.29, 0.717) is 0 Å². The van der Waals surface area contributed by atoms with Gasteiger partial charge in [-0.15, -0.1) is 0 Å². The van der Waals surface area contributed by atoms with E-state index in [1.165, 1.54) is 0 Å². The SMILES string of the molecule is O=C1OC(=O)C2(I)C1(I)C1(I)C(=O)OC(=O)C21I. The molecule has 0 spiro atoms. The van der Waals surface area contributed by atoms with Crippen molar-refractivity contribution < 1.29 is 28.7 Å². The number of rotatable bonds is 0. The van der Waals surface area contributed by atoms with E-state index in [1.54, 1.807) is 90.4 Å². The van der Waals surface area contributed by atoms with Crippen LogP contribution in [-0.4, -0.2) is 37.6 Å². The molecule has 2 heterocycles. The lowest BCUT2D eigenvalue weighted by Gasteiger charge is -2.59. The van der Waals surface area contributed by atoms with E-state index in [0.717, 1.165) is 0 Å². The van der Waals surface area contributed by atoms with Crippen molar-refractivity contribution in [2.75, 3.05) is 0 Å². The third-order valence-electron chi connectivity index (χ3n) is 3.39. The molecule has 1 saturated carbocycles. The molecule has 96 valence electrons. The van der Waals surface area contributed by atoms with Crippen LogP contribution in [0, 0.1) is 0 Å². The van der Waals surface area contributed by atoms with E-state index < -0.39 is 37.6 Å². The minimum absolute atomic E-state index is 0.796. The second-order valence-electron chi connectivity index (χ2n) is 3.99. The predicted molar refractivity (Wildman–Crippen MR) is 89.2 cm³/mol. The summed E-state index contributed by atoms with van der Waals surface area (Å²) in [4.78, 5) is 47.7. The van der Waals surface area contributed by atoms with Gasteiger partial charge in [-0.05, 0) is 0 Å². The summed E-state index contributed by atoms with van der Waals surface area (Å²) in [7, 11) is 0. The van der Waals surface area contributed by atoms with Crippen LogP contribution in [0.2, 0.25) is 0 Å². The van der Waals surface area contributed by atoms with E-state index in [2.05, 4.69) is 9.47 Å². The highest BCUT2D eigenvalue weighted by molar-refractivity contribution is 14.1. The molecule has 0 N–H and O–H groups in total. The van der Waals surface area contributed by atoms with Gasteiger partial charge in [0.25, 0.3) is 0 Å². The molecule has 10 heteroatoms. The van der Waals surface area contributed by atoms with E-state index in [9.17, 15) is 19.2 Å². The maximum Gasteiger partial charge on any atom is 0.333 e. The van der Waals surface area contributed by atoms with Gasteiger partial charge in [-0.25, -0.2) is 19.2 Å². The van der Waals surface area contributed by atoms with Crippen LogP contribution in [0.1, 0.15) is 0 Å². The monoisotopic (exact) mass is 700 g/mol. The molecule has 3 rings (SSSR count). The summed E-state index contributed by atoms with van der Waals surface area (Å²) in [5, 5.41) is 0. The van der Waals surface area contributed by atoms with Crippen molar-refractivity contribution in [2.24, 2.45) is 0 Å². The van der Waals surface area contributed by atoms with Crippen molar-refractivity contribution in [1.82, 2.24) is 0 Å². The Morgan fingerprint density at radius 2 is 0.722 bits per heavy atom. The second-order valence-corrected chi connectivity index (χ2v) is 10.5. The Morgan fingerprint density at radius 1 is 0.556 bits per heavy atom. The number of esters is 4. The highest BCUT2D eigenvalue weighted by Gasteiger charge is 3.02. The van der Waals surface area contributed by atoms with Gasteiger partial charge in [0.1, 0.15) is 0 Å². The number of halogens is 4. The quantitative estimate of drug-likeness (QED) is 0.162.